The highest BCUT2D eigenvalue weighted by molar-refractivity contribution is 7.15. The molecule has 0 amide bonds. The smallest absolute Gasteiger partial charge is 0.123 e. The van der Waals surface area contributed by atoms with Crippen LogP contribution in [0, 0.1) is 11.3 Å². The van der Waals surface area contributed by atoms with Crippen molar-refractivity contribution in [2.45, 2.75) is 38.7 Å². The lowest BCUT2D eigenvalue weighted by atomic mass is 9.79. The quantitative estimate of drug-likeness (QED) is 0.887. The Labute approximate surface area is 111 Å². The summed E-state index contributed by atoms with van der Waals surface area (Å²) in [6.45, 7) is 2.71. The van der Waals surface area contributed by atoms with Crippen LogP contribution in [-0.2, 0) is 0 Å². The number of hydrogen-bond acceptors (Lipinski definition) is 4. The first-order chi connectivity index (χ1) is 8.11. The molecule has 1 saturated carbocycles. The maximum atomic E-state index is 10.5. The monoisotopic (exact) mass is 274 g/mol. The van der Waals surface area contributed by atoms with Gasteiger partial charge in [-0.3, -0.25) is 0 Å². The summed E-state index contributed by atoms with van der Waals surface area (Å²) >= 11 is 7.22. The van der Waals surface area contributed by atoms with E-state index in [1.54, 1.807) is 6.20 Å². The number of aliphatic hydroxyl groups excluding tert-OH is 1. The summed E-state index contributed by atoms with van der Waals surface area (Å²) in [7, 11) is 0. The van der Waals surface area contributed by atoms with Crippen molar-refractivity contribution in [3.8, 4) is 0 Å². The van der Waals surface area contributed by atoms with Crippen molar-refractivity contribution in [1.82, 2.24) is 4.98 Å². The Hall–Kier alpha value is -0.160. The van der Waals surface area contributed by atoms with Crippen LogP contribution in [0.2, 0.25) is 4.34 Å². The second-order valence-corrected chi connectivity index (χ2v) is 6.68. The van der Waals surface area contributed by atoms with Gasteiger partial charge in [-0.25, -0.2) is 4.98 Å². The van der Waals surface area contributed by atoms with Gasteiger partial charge in [0.05, 0.1) is 6.20 Å². The normalized spacial score (nSPS) is 30.7. The molecule has 0 aromatic carbocycles. The molecule has 0 spiro atoms. The number of hydrogen-bond donors (Lipinski definition) is 2. The predicted molar refractivity (Wildman–Crippen MR) is 71.2 cm³/mol. The minimum absolute atomic E-state index is 0.193. The van der Waals surface area contributed by atoms with E-state index in [-0.39, 0.29) is 5.41 Å². The van der Waals surface area contributed by atoms with Crippen molar-refractivity contribution < 1.29 is 5.11 Å². The molecular weight excluding hydrogens is 256 g/mol. The fraction of sp³-hybridized carbons (Fsp3) is 0.750. The van der Waals surface area contributed by atoms with E-state index >= 15 is 0 Å². The molecule has 5 heteroatoms. The van der Waals surface area contributed by atoms with Crippen molar-refractivity contribution in [2.75, 3.05) is 6.54 Å². The summed E-state index contributed by atoms with van der Waals surface area (Å²) in [5, 5.41) is 11.2. The fourth-order valence-corrected chi connectivity index (χ4v) is 3.88. The van der Waals surface area contributed by atoms with E-state index in [4.69, 9.17) is 17.3 Å². The Morgan fingerprint density at radius 3 is 3.00 bits per heavy atom. The second kappa shape index (κ2) is 5.22. The first-order valence-electron chi connectivity index (χ1n) is 6.10. The molecule has 0 bridgehead atoms. The highest BCUT2D eigenvalue weighted by Crippen LogP contribution is 2.50. The van der Waals surface area contributed by atoms with Crippen molar-refractivity contribution in [1.29, 1.82) is 0 Å². The molecule has 0 aliphatic heterocycles. The summed E-state index contributed by atoms with van der Waals surface area (Å²) in [5.41, 5.74) is 5.72. The zero-order valence-corrected chi connectivity index (χ0v) is 11.6. The summed E-state index contributed by atoms with van der Waals surface area (Å²) in [5.74, 6) is 0.684. The zero-order chi connectivity index (χ0) is 12.5. The molecule has 17 heavy (non-hydrogen) atoms. The van der Waals surface area contributed by atoms with E-state index in [0.717, 1.165) is 25.7 Å². The number of aromatic nitrogens is 1. The van der Waals surface area contributed by atoms with Gasteiger partial charge in [-0.05, 0) is 25.2 Å². The standard InChI is InChI=1S/C12H19ClN2OS/c1-2-8-3-4-12(5-8,7-14)10(16)11-15-6-9(13)17-11/h6,8,10,16H,2-5,7,14H2,1H3. The van der Waals surface area contributed by atoms with Gasteiger partial charge < -0.3 is 10.8 Å². The van der Waals surface area contributed by atoms with Crippen LogP contribution >= 0.6 is 22.9 Å². The first kappa shape index (κ1) is 13.3. The van der Waals surface area contributed by atoms with Gasteiger partial charge in [0.25, 0.3) is 0 Å². The van der Waals surface area contributed by atoms with E-state index in [9.17, 15) is 5.11 Å². The Balaban J connectivity index is 2.18. The fourth-order valence-electron chi connectivity index (χ4n) is 2.82. The number of halogens is 1. The lowest BCUT2D eigenvalue weighted by Gasteiger charge is -2.32. The topological polar surface area (TPSA) is 59.1 Å². The SMILES string of the molecule is CCC1CCC(CN)(C(O)c2ncc(Cl)s2)C1. The molecule has 96 valence electrons. The van der Waals surface area contributed by atoms with Crippen LogP contribution in [0.4, 0.5) is 0 Å². The van der Waals surface area contributed by atoms with E-state index in [1.165, 1.54) is 11.3 Å². The number of rotatable bonds is 4. The molecule has 1 aromatic rings. The Morgan fingerprint density at radius 2 is 2.53 bits per heavy atom. The van der Waals surface area contributed by atoms with Crippen LogP contribution in [0.25, 0.3) is 0 Å². The molecule has 1 aliphatic carbocycles. The van der Waals surface area contributed by atoms with Crippen LogP contribution in [0.15, 0.2) is 6.20 Å². The van der Waals surface area contributed by atoms with Crippen LogP contribution in [0.3, 0.4) is 0 Å². The predicted octanol–water partition coefficient (Wildman–Crippen LogP) is 2.99. The van der Waals surface area contributed by atoms with Gasteiger partial charge in [-0.2, -0.15) is 0 Å². The van der Waals surface area contributed by atoms with Crippen LogP contribution in [0.1, 0.15) is 43.7 Å². The molecular formula is C12H19ClN2OS. The Kier molecular flexibility index (Phi) is 4.08. The summed E-state index contributed by atoms with van der Waals surface area (Å²) in [6, 6.07) is 0. The number of aliphatic hydroxyl groups is 1. The highest BCUT2D eigenvalue weighted by Gasteiger charge is 2.44. The number of nitrogens with zero attached hydrogens (tertiary/aromatic N) is 1. The zero-order valence-electron chi connectivity index (χ0n) is 10.0. The van der Waals surface area contributed by atoms with E-state index in [1.807, 2.05) is 0 Å². The van der Waals surface area contributed by atoms with Gasteiger partial charge in [-0.1, -0.05) is 24.9 Å². The Morgan fingerprint density at radius 1 is 1.76 bits per heavy atom. The molecule has 1 heterocycles. The third kappa shape index (κ3) is 2.50. The number of thiazole rings is 1. The molecule has 3 unspecified atom stereocenters. The maximum absolute atomic E-state index is 10.5. The lowest BCUT2D eigenvalue weighted by Crippen LogP contribution is -2.34. The molecule has 3 N–H and O–H groups in total. The van der Waals surface area contributed by atoms with Crippen molar-refractivity contribution in [3.63, 3.8) is 0 Å². The van der Waals surface area contributed by atoms with Crippen molar-refractivity contribution in [3.05, 3.63) is 15.5 Å². The minimum atomic E-state index is -0.568. The van der Waals surface area contributed by atoms with Crippen LogP contribution < -0.4 is 5.73 Å². The van der Waals surface area contributed by atoms with Crippen molar-refractivity contribution >= 4 is 22.9 Å². The van der Waals surface area contributed by atoms with Gasteiger partial charge >= 0.3 is 0 Å². The average Bonchev–Trinajstić information content (AvgIpc) is 2.95. The first-order valence-corrected chi connectivity index (χ1v) is 7.30. The van der Waals surface area contributed by atoms with Gasteiger partial charge in [0.1, 0.15) is 15.4 Å². The molecule has 0 saturated heterocycles. The van der Waals surface area contributed by atoms with Crippen molar-refractivity contribution in [2.24, 2.45) is 17.1 Å². The lowest BCUT2D eigenvalue weighted by molar-refractivity contribution is 0.0300. The summed E-state index contributed by atoms with van der Waals surface area (Å²) < 4.78 is 0.622. The number of nitrogens with two attached hydrogens (primary N) is 1. The minimum Gasteiger partial charge on any atom is -0.385 e. The third-order valence-electron chi connectivity index (χ3n) is 4.04. The molecule has 0 radical (unpaired) electrons. The van der Waals surface area contributed by atoms with Gasteiger partial charge in [0.15, 0.2) is 0 Å². The molecule has 1 aliphatic rings. The largest absolute Gasteiger partial charge is 0.385 e. The average molecular weight is 275 g/mol. The maximum Gasteiger partial charge on any atom is 0.123 e. The van der Waals surface area contributed by atoms with E-state index < -0.39 is 6.10 Å². The Bertz CT molecular complexity index is 384. The van der Waals surface area contributed by atoms with Gasteiger partial charge in [-0.15, -0.1) is 11.3 Å². The van der Waals surface area contributed by atoms with Gasteiger partial charge in [0, 0.05) is 12.0 Å². The molecule has 1 aromatic heterocycles. The van der Waals surface area contributed by atoms with Crippen LogP contribution in [0.5, 0.6) is 0 Å². The molecule has 3 atom stereocenters. The van der Waals surface area contributed by atoms with Crippen LogP contribution in [-0.4, -0.2) is 16.6 Å². The molecule has 3 nitrogen and oxygen atoms in total. The highest BCUT2D eigenvalue weighted by atomic mass is 35.5. The van der Waals surface area contributed by atoms with E-state index in [0.29, 0.717) is 21.8 Å². The third-order valence-corrected chi connectivity index (χ3v) is 5.21. The van der Waals surface area contributed by atoms with Gasteiger partial charge in [0.2, 0.25) is 0 Å². The second-order valence-electron chi connectivity index (χ2n) is 4.99. The van der Waals surface area contributed by atoms with E-state index in [2.05, 4.69) is 11.9 Å². The molecule has 1 fully saturated rings. The summed E-state index contributed by atoms with van der Waals surface area (Å²) in [6.07, 6.45) is 5.33. The molecule has 2 rings (SSSR count). The summed E-state index contributed by atoms with van der Waals surface area (Å²) in [4.78, 5) is 4.19.